The van der Waals surface area contributed by atoms with Gasteiger partial charge in [0.15, 0.2) is 0 Å². The topological polar surface area (TPSA) is 92.0 Å². The first-order valence-corrected chi connectivity index (χ1v) is 13.2. The molecule has 7 nitrogen and oxygen atoms in total. The van der Waals surface area contributed by atoms with Gasteiger partial charge in [0.2, 0.25) is 0 Å². The highest BCUT2D eigenvalue weighted by molar-refractivity contribution is 6.05. The molecule has 0 aliphatic carbocycles. The van der Waals surface area contributed by atoms with Crippen molar-refractivity contribution in [3.05, 3.63) is 75.2 Å². The van der Waals surface area contributed by atoms with Gasteiger partial charge in [0, 0.05) is 35.1 Å². The number of phenols is 1. The summed E-state index contributed by atoms with van der Waals surface area (Å²) in [6.45, 7) is 16.1. The van der Waals surface area contributed by atoms with E-state index in [1.54, 1.807) is 12.1 Å². The van der Waals surface area contributed by atoms with E-state index >= 15 is 0 Å². The van der Waals surface area contributed by atoms with Crippen molar-refractivity contribution in [3.63, 3.8) is 0 Å². The van der Waals surface area contributed by atoms with Crippen LogP contribution in [0.3, 0.4) is 0 Å². The van der Waals surface area contributed by atoms with Crippen LogP contribution in [0.2, 0.25) is 0 Å². The van der Waals surface area contributed by atoms with E-state index in [1.807, 2.05) is 39.0 Å². The number of allylic oxidation sites excluding steroid dienone is 2. The lowest BCUT2D eigenvalue weighted by Crippen LogP contribution is -2.38. The normalized spacial score (nSPS) is 11.4. The molecule has 0 unspecified atom stereocenters. The third-order valence-electron chi connectivity index (χ3n) is 6.57. The Kier molecular flexibility index (Phi) is 9.75. The predicted octanol–water partition coefficient (Wildman–Crippen LogP) is 6.46. The average molecular weight is 521 g/mol. The largest absolute Gasteiger partial charge is 0.508 e. The lowest BCUT2D eigenvalue weighted by molar-refractivity contribution is 0.102. The first-order chi connectivity index (χ1) is 18.0. The van der Waals surface area contributed by atoms with E-state index in [1.165, 1.54) is 12.1 Å². The van der Waals surface area contributed by atoms with Gasteiger partial charge in [-0.15, -0.1) is 0 Å². The molecule has 0 aliphatic heterocycles. The van der Waals surface area contributed by atoms with E-state index in [-0.39, 0.29) is 11.4 Å². The summed E-state index contributed by atoms with van der Waals surface area (Å²) < 4.78 is 11.6. The number of hydrogen-bond donors (Lipinski definition) is 2. The SMILES string of the molecule is CC(C)=CCc1cc(C(=O)Nc2cc3ccc(OCCCN(C(C)C)C(C)C)c(C)c3oc2=O)ccc1O. The quantitative estimate of drug-likeness (QED) is 0.171. The second kappa shape index (κ2) is 12.8. The van der Waals surface area contributed by atoms with Crippen LogP contribution in [0, 0.1) is 6.92 Å². The maximum Gasteiger partial charge on any atom is 0.360 e. The Morgan fingerprint density at radius 3 is 2.47 bits per heavy atom. The molecule has 2 aromatic carbocycles. The minimum Gasteiger partial charge on any atom is -0.508 e. The molecule has 0 saturated carbocycles. The van der Waals surface area contributed by atoms with Crippen LogP contribution in [0.15, 0.2) is 57.3 Å². The summed E-state index contributed by atoms with van der Waals surface area (Å²) in [7, 11) is 0. The molecule has 38 heavy (non-hydrogen) atoms. The fourth-order valence-electron chi connectivity index (χ4n) is 4.49. The Labute approximate surface area is 225 Å². The molecule has 0 bridgehead atoms. The number of amides is 1. The number of aryl methyl sites for hydroxylation is 1. The fourth-order valence-corrected chi connectivity index (χ4v) is 4.49. The number of aromatic hydroxyl groups is 1. The number of carbonyl (C=O) groups excluding carboxylic acids is 1. The highest BCUT2D eigenvalue weighted by atomic mass is 16.5. The lowest BCUT2D eigenvalue weighted by atomic mass is 10.0. The van der Waals surface area contributed by atoms with E-state index in [9.17, 15) is 14.7 Å². The number of hydrogen-bond acceptors (Lipinski definition) is 6. The van der Waals surface area contributed by atoms with Crippen molar-refractivity contribution in [2.45, 2.75) is 73.4 Å². The highest BCUT2D eigenvalue weighted by Gasteiger charge is 2.16. The molecule has 0 fully saturated rings. The van der Waals surface area contributed by atoms with Crippen LogP contribution in [0.25, 0.3) is 11.0 Å². The van der Waals surface area contributed by atoms with Crippen LogP contribution in [0.4, 0.5) is 5.69 Å². The zero-order chi connectivity index (χ0) is 28.0. The van der Waals surface area contributed by atoms with Crippen LogP contribution in [-0.2, 0) is 6.42 Å². The fraction of sp³-hybridized carbons (Fsp3) is 0.419. The first-order valence-electron chi connectivity index (χ1n) is 13.2. The molecule has 7 heteroatoms. The summed E-state index contributed by atoms with van der Waals surface area (Å²) in [6.07, 6.45) is 3.36. The lowest BCUT2D eigenvalue weighted by Gasteiger charge is -2.30. The molecule has 0 radical (unpaired) electrons. The molecule has 0 aliphatic rings. The summed E-state index contributed by atoms with van der Waals surface area (Å²) in [4.78, 5) is 28.1. The van der Waals surface area contributed by atoms with Gasteiger partial charge < -0.3 is 19.6 Å². The van der Waals surface area contributed by atoms with E-state index in [4.69, 9.17) is 9.15 Å². The molecule has 2 N–H and O–H groups in total. The Hall–Kier alpha value is -3.58. The van der Waals surface area contributed by atoms with Crippen molar-refractivity contribution in [2.24, 2.45) is 0 Å². The van der Waals surface area contributed by atoms with Crippen molar-refractivity contribution < 1.29 is 19.1 Å². The Bertz CT molecular complexity index is 1360. The number of ether oxygens (including phenoxy) is 1. The summed E-state index contributed by atoms with van der Waals surface area (Å²) >= 11 is 0. The Morgan fingerprint density at radius 2 is 1.82 bits per heavy atom. The van der Waals surface area contributed by atoms with E-state index < -0.39 is 11.5 Å². The predicted molar refractivity (Wildman–Crippen MR) is 154 cm³/mol. The third-order valence-corrected chi connectivity index (χ3v) is 6.57. The number of rotatable bonds is 11. The molecule has 3 aromatic rings. The van der Waals surface area contributed by atoms with Crippen LogP contribution >= 0.6 is 0 Å². The smallest absolute Gasteiger partial charge is 0.360 e. The number of nitrogens with one attached hydrogen (secondary N) is 1. The first kappa shape index (κ1) is 29.0. The molecule has 0 saturated heterocycles. The minimum absolute atomic E-state index is 0.0527. The molecular weight excluding hydrogens is 480 g/mol. The molecule has 3 rings (SSSR count). The molecule has 1 heterocycles. The van der Waals surface area contributed by atoms with Crippen LogP contribution in [0.5, 0.6) is 11.5 Å². The highest BCUT2D eigenvalue weighted by Crippen LogP contribution is 2.28. The number of carbonyl (C=O) groups is 1. The van der Waals surface area contributed by atoms with Crippen LogP contribution in [-0.4, -0.2) is 41.1 Å². The van der Waals surface area contributed by atoms with Gasteiger partial charge in [0.1, 0.15) is 22.8 Å². The summed E-state index contributed by atoms with van der Waals surface area (Å²) in [6, 6.07) is 10.9. The van der Waals surface area contributed by atoms with Gasteiger partial charge in [0.25, 0.3) is 5.91 Å². The van der Waals surface area contributed by atoms with Gasteiger partial charge in [0.05, 0.1) is 6.61 Å². The number of benzene rings is 2. The number of fused-ring (bicyclic) bond motifs is 1. The Morgan fingerprint density at radius 1 is 1.11 bits per heavy atom. The van der Waals surface area contributed by atoms with Gasteiger partial charge >= 0.3 is 5.63 Å². The van der Waals surface area contributed by atoms with Crippen molar-refractivity contribution in [3.8, 4) is 11.5 Å². The second-order valence-corrected chi connectivity index (χ2v) is 10.5. The second-order valence-electron chi connectivity index (χ2n) is 10.5. The molecule has 1 aromatic heterocycles. The van der Waals surface area contributed by atoms with E-state index in [0.29, 0.717) is 53.0 Å². The number of nitrogens with zero attached hydrogens (tertiary/aromatic N) is 1. The van der Waals surface area contributed by atoms with Crippen molar-refractivity contribution in [1.82, 2.24) is 4.90 Å². The summed E-state index contributed by atoms with van der Waals surface area (Å²) in [5.41, 5.74) is 2.67. The van der Waals surface area contributed by atoms with Crippen molar-refractivity contribution in [1.29, 1.82) is 0 Å². The zero-order valence-electron chi connectivity index (χ0n) is 23.6. The van der Waals surface area contributed by atoms with Gasteiger partial charge in [-0.1, -0.05) is 11.6 Å². The van der Waals surface area contributed by atoms with Gasteiger partial charge in [-0.2, -0.15) is 0 Å². The molecule has 1 amide bonds. The van der Waals surface area contributed by atoms with Crippen molar-refractivity contribution >= 4 is 22.6 Å². The monoisotopic (exact) mass is 520 g/mol. The Balaban J connectivity index is 1.73. The van der Waals surface area contributed by atoms with Crippen LogP contribution < -0.4 is 15.7 Å². The minimum atomic E-state index is -0.640. The number of phenolic OH excluding ortho intramolecular Hbond substituents is 1. The molecular formula is C31H40N2O5. The van der Waals surface area contributed by atoms with Crippen LogP contribution in [0.1, 0.15) is 69.4 Å². The molecule has 204 valence electrons. The average Bonchev–Trinajstić information content (AvgIpc) is 2.85. The summed E-state index contributed by atoms with van der Waals surface area (Å²) in [5, 5.41) is 13.5. The van der Waals surface area contributed by atoms with Gasteiger partial charge in [-0.05, 0) is 103 Å². The molecule has 0 spiro atoms. The van der Waals surface area contributed by atoms with Gasteiger partial charge in [-0.25, -0.2) is 4.79 Å². The van der Waals surface area contributed by atoms with E-state index in [0.717, 1.165) is 24.1 Å². The van der Waals surface area contributed by atoms with Gasteiger partial charge in [-0.3, -0.25) is 9.69 Å². The number of anilines is 1. The maximum absolute atomic E-state index is 12.9. The zero-order valence-corrected chi connectivity index (χ0v) is 23.6. The van der Waals surface area contributed by atoms with Crippen molar-refractivity contribution in [2.75, 3.05) is 18.5 Å². The molecule has 0 atom stereocenters. The maximum atomic E-state index is 12.9. The van der Waals surface area contributed by atoms with E-state index in [2.05, 4.69) is 37.9 Å². The standard InChI is InChI=1S/C31H40N2O5/c1-19(2)9-10-23-17-25(11-13-27(23)34)30(35)32-26-18-24-12-14-28(22(7)29(24)38-31(26)36)37-16-8-15-33(20(3)4)21(5)6/h9,11-14,17-18,20-21,34H,8,10,15-16H2,1-7H3,(H,32,35). The third kappa shape index (κ3) is 7.25. The summed E-state index contributed by atoms with van der Waals surface area (Å²) in [5.74, 6) is 0.338.